The van der Waals surface area contributed by atoms with Gasteiger partial charge in [0.2, 0.25) is 5.91 Å². The number of halogens is 2. The lowest BCUT2D eigenvalue weighted by atomic mass is 10.2. The summed E-state index contributed by atoms with van der Waals surface area (Å²) in [4.78, 5) is 15.4. The lowest BCUT2D eigenvalue weighted by Crippen LogP contribution is -2.12. The van der Waals surface area contributed by atoms with Crippen LogP contribution in [-0.2, 0) is 4.79 Å². The Kier molecular flexibility index (Phi) is 3.99. The van der Waals surface area contributed by atoms with Crippen molar-refractivity contribution in [3.8, 4) is 11.3 Å². The van der Waals surface area contributed by atoms with Crippen LogP contribution in [0.5, 0.6) is 0 Å². The average Bonchev–Trinajstić information content (AvgIpc) is 2.78. The second-order valence-corrected chi connectivity index (χ2v) is 4.79. The molecule has 0 bridgehead atoms. The molecule has 0 unspecified atom stereocenters. The number of anilines is 1. The first-order chi connectivity index (χ1) is 8.19. The van der Waals surface area contributed by atoms with Crippen molar-refractivity contribution >= 4 is 45.6 Å². The Hall–Kier alpha value is -1.10. The lowest BCUT2D eigenvalue weighted by molar-refractivity contribution is -0.113. The molecular weight excluding hydrogens is 279 g/mol. The van der Waals surface area contributed by atoms with Crippen molar-refractivity contribution in [3.63, 3.8) is 0 Å². The van der Waals surface area contributed by atoms with Crippen molar-refractivity contribution in [2.24, 2.45) is 0 Å². The minimum Gasteiger partial charge on any atom is -0.301 e. The standard InChI is InChI=1S/C11H8Cl2N2OS/c12-5-10(16)15-11-14-9(6-17-11)7-1-3-8(13)4-2-7/h1-4,6H,5H2,(H,14,15,16). The van der Waals surface area contributed by atoms with E-state index in [-0.39, 0.29) is 11.8 Å². The Balaban J connectivity index is 2.18. The van der Waals surface area contributed by atoms with E-state index in [0.717, 1.165) is 11.3 Å². The highest BCUT2D eigenvalue weighted by Gasteiger charge is 2.06. The number of carbonyl (C=O) groups is 1. The van der Waals surface area contributed by atoms with Crippen LogP contribution in [0.25, 0.3) is 11.3 Å². The highest BCUT2D eigenvalue weighted by molar-refractivity contribution is 7.14. The van der Waals surface area contributed by atoms with Crippen molar-refractivity contribution < 1.29 is 4.79 Å². The molecule has 2 aromatic rings. The summed E-state index contributed by atoms with van der Waals surface area (Å²) in [6, 6.07) is 7.36. The molecule has 0 aliphatic heterocycles. The summed E-state index contributed by atoms with van der Waals surface area (Å²) in [5.41, 5.74) is 1.76. The summed E-state index contributed by atoms with van der Waals surface area (Å²) in [5, 5.41) is 5.69. The molecule has 1 amide bonds. The molecule has 0 fully saturated rings. The molecular formula is C11H8Cl2N2OS. The van der Waals surface area contributed by atoms with Gasteiger partial charge in [-0.2, -0.15) is 0 Å². The van der Waals surface area contributed by atoms with Crippen LogP contribution in [0.3, 0.4) is 0 Å². The molecule has 88 valence electrons. The molecule has 6 heteroatoms. The van der Waals surface area contributed by atoms with Crippen LogP contribution >= 0.6 is 34.5 Å². The molecule has 0 spiro atoms. The number of benzene rings is 1. The number of amides is 1. The molecule has 0 saturated carbocycles. The Morgan fingerprint density at radius 1 is 1.35 bits per heavy atom. The third-order valence-corrected chi connectivity index (χ3v) is 3.26. The topological polar surface area (TPSA) is 42.0 Å². The summed E-state index contributed by atoms with van der Waals surface area (Å²) < 4.78 is 0. The molecule has 1 N–H and O–H groups in total. The van der Waals surface area contributed by atoms with Gasteiger partial charge in [-0.1, -0.05) is 23.7 Å². The van der Waals surface area contributed by atoms with E-state index in [4.69, 9.17) is 23.2 Å². The van der Waals surface area contributed by atoms with Gasteiger partial charge in [-0.15, -0.1) is 22.9 Å². The SMILES string of the molecule is O=C(CCl)Nc1nc(-c2ccc(Cl)cc2)cs1. The van der Waals surface area contributed by atoms with Gasteiger partial charge in [-0.25, -0.2) is 4.98 Å². The number of alkyl halides is 1. The third kappa shape index (κ3) is 3.19. The maximum absolute atomic E-state index is 11.1. The molecule has 1 aromatic heterocycles. The van der Waals surface area contributed by atoms with E-state index in [1.165, 1.54) is 11.3 Å². The van der Waals surface area contributed by atoms with Crippen LogP contribution in [0.2, 0.25) is 5.02 Å². The van der Waals surface area contributed by atoms with Crippen molar-refractivity contribution in [1.82, 2.24) is 4.98 Å². The van der Waals surface area contributed by atoms with Crippen LogP contribution in [0.1, 0.15) is 0 Å². The minimum absolute atomic E-state index is 0.0736. The van der Waals surface area contributed by atoms with Gasteiger partial charge in [-0.05, 0) is 12.1 Å². The highest BCUT2D eigenvalue weighted by atomic mass is 35.5. The maximum atomic E-state index is 11.1. The molecule has 17 heavy (non-hydrogen) atoms. The molecule has 0 aliphatic rings. The van der Waals surface area contributed by atoms with Gasteiger partial charge < -0.3 is 5.32 Å². The van der Waals surface area contributed by atoms with E-state index in [2.05, 4.69) is 10.3 Å². The first kappa shape index (κ1) is 12.4. The number of nitrogens with one attached hydrogen (secondary N) is 1. The van der Waals surface area contributed by atoms with Crippen LogP contribution in [0, 0.1) is 0 Å². The van der Waals surface area contributed by atoms with E-state index < -0.39 is 0 Å². The quantitative estimate of drug-likeness (QED) is 0.876. The Morgan fingerprint density at radius 2 is 2.06 bits per heavy atom. The predicted molar refractivity (Wildman–Crippen MR) is 71.9 cm³/mol. The second kappa shape index (κ2) is 5.49. The number of hydrogen-bond acceptors (Lipinski definition) is 3. The number of nitrogens with zero attached hydrogens (tertiary/aromatic N) is 1. The highest BCUT2D eigenvalue weighted by Crippen LogP contribution is 2.25. The largest absolute Gasteiger partial charge is 0.301 e. The Morgan fingerprint density at radius 3 is 2.71 bits per heavy atom. The molecule has 1 aromatic carbocycles. The van der Waals surface area contributed by atoms with Gasteiger partial charge in [0.05, 0.1) is 5.69 Å². The fourth-order valence-corrected chi connectivity index (χ4v) is 2.17. The van der Waals surface area contributed by atoms with Crippen LogP contribution < -0.4 is 5.32 Å². The number of carbonyl (C=O) groups excluding carboxylic acids is 1. The zero-order valence-electron chi connectivity index (χ0n) is 8.61. The zero-order chi connectivity index (χ0) is 12.3. The molecule has 0 radical (unpaired) electrons. The molecule has 0 aliphatic carbocycles. The van der Waals surface area contributed by atoms with Crippen LogP contribution in [-0.4, -0.2) is 16.8 Å². The van der Waals surface area contributed by atoms with Crippen LogP contribution in [0.4, 0.5) is 5.13 Å². The van der Waals surface area contributed by atoms with Gasteiger partial charge in [0.1, 0.15) is 5.88 Å². The molecule has 0 saturated heterocycles. The minimum atomic E-state index is -0.260. The summed E-state index contributed by atoms with van der Waals surface area (Å²) in [5.74, 6) is -0.334. The maximum Gasteiger partial charge on any atom is 0.241 e. The van der Waals surface area contributed by atoms with E-state index >= 15 is 0 Å². The smallest absolute Gasteiger partial charge is 0.241 e. The van der Waals surface area contributed by atoms with Crippen LogP contribution in [0.15, 0.2) is 29.6 Å². The van der Waals surface area contributed by atoms with Crippen molar-refractivity contribution in [2.75, 3.05) is 11.2 Å². The Labute approximate surface area is 112 Å². The molecule has 2 rings (SSSR count). The summed E-state index contributed by atoms with van der Waals surface area (Å²) >= 11 is 12.6. The summed E-state index contributed by atoms with van der Waals surface area (Å²) in [6.07, 6.45) is 0. The predicted octanol–water partition coefficient (Wildman–Crippen LogP) is 3.64. The number of aromatic nitrogens is 1. The summed E-state index contributed by atoms with van der Waals surface area (Å²) in [7, 11) is 0. The Bertz CT molecular complexity index is 525. The number of hydrogen-bond donors (Lipinski definition) is 1. The normalized spacial score (nSPS) is 10.2. The fourth-order valence-electron chi connectivity index (χ4n) is 1.24. The second-order valence-electron chi connectivity index (χ2n) is 3.23. The van der Waals surface area contributed by atoms with Crippen molar-refractivity contribution in [2.45, 2.75) is 0 Å². The fraction of sp³-hybridized carbons (Fsp3) is 0.0909. The third-order valence-electron chi connectivity index (χ3n) is 2.01. The average molecular weight is 287 g/mol. The molecule has 0 atom stereocenters. The monoisotopic (exact) mass is 286 g/mol. The van der Waals surface area contributed by atoms with E-state index in [1.807, 2.05) is 17.5 Å². The van der Waals surface area contributed by atoms with Gasteiger partial charge >= 0.3 is 0 Å². The first-order valence-electron chi connectivity index (χ1n) is 4.76. The van der Waals surface area contributed by atoms with Crippen molar-refractivity contribution in [3.05, 3.63) is 34.7 Å². The van der Waals surface area contributed by atoms with E-state index in [0.29, 0.717) is 10.2 Å². The number of rotatable bonds is 3. The number of thiazole rings is 1. The first-order valence-corrected chi connectivity index (χ1v) is 6.55. The van der Waals surface area contributed by atoms with Crippen molar-refractivity contribution in [1.29, 1.82) is 0 Å². The summed E-state index contributed by atoms with van der Waals surface area (Å²) in [6.45, 7) is 0. The van der Waals surface area contributed by atoms with Gasteiger partial charge in [0.15, 0.2) is 5.13 Å². The van der Waals surface area contributed by atoms with Gasteiger partial charge in [0.25, 0.3) is 0 Å². The van der Waals surface area contributed by atoms with E-state index in [1.54, 1.807) is 12.1 Å². The van der Waals surface area contributed by atoms with Gasteiger partial charge in [-0.3, -0.25) is 4.79 Å². The molecule has 1 heterocycles. The van der Waals surface area contributed by atoms with Gasteiger partial charge in [0, 0.05) is 16.0 Å². The lowest BCUT2D eigenvalue weighted by Gasteiger charge is -1.97. The zero-order valence-corrected chi connectivity index (χ0v) is 10.9. The van der Waals surface area contributed by atoms with E-state index in [9.17, 15) is 4.79 Å². The molecule has 3 nitrogen and oxygen atoms in total.